The van der Waals surface area contributed by atoms with Gasteiger partial charge in [-0.25, -0.2) is 0 Å². The molecule has 0 atom stereocenters. The minimum atomic E-state index is -2.43. The summed E-state index contributed by atoms with van der Waals surface area (Å²) in [6.45, 7) is 3.37. The highest BCUT2D eigenvalue weighted by atomic mass is 31.2. The largest absolute Gasteiger partial charge is 0.397 e. The van der Waals surface area contributed by atoms with Gasteiger partial charge in [0.2, 0.25) is 0 Å². The van der Waals surface area contributed by atoms with Gasteiger partial charge >= 0.3 is 0 Å². The molecule has 2 N–H and O–H groups in total. The van der Waals surface area contributed by atoms with Crippen LogP contribution in [-0.2, 0) is 4.57 Å². The highest BCUT2D eigenvalue weighted by molar-refractivity contribution is 7.71. The quantitative estimate of drug-likeness (QED) is 0.740. The second kappa shape index (κ2) is 3.31. The van der Waals surface area contributed by atoms with Crippen LogP contribution in [0.3, 0.4) is 0 Å². The molecular weight excluding hydrogens is 209 g/mol. The average molecular weight is 221 g/mol. The molecule has 2 aromatic heterocycles. The third kappa shape index (κ3) is 1.73. The van der Waals surface area contributed by atoms with Gasteiger partial charge in [0.15, 0.2) is 0 Å². The summed E-state index contributed by atoms with van der Waals surface area (Å²) in [6.07, 6.45) is 3.20. The molecule has 2 rings (SSSR count). The Balaban J connectivity index is 2.92. The zero-order valence-corrected chi connectivity index (χ0v) is 9.53. The Bertz CT molecular complexity index is 562. The molecule has 0 aliphatic carbocycles. The van der Waals surface area contributed by atoms with Crippen molar-refractivity contribution in [2.75, 3.05) is 19.1 Å². The maximum absolute atomic E-state index is 12.1. The molecular formula is C10H12N3OP. The van der Waals surface area contributed by atoms with Crippen molar-refractivity contribution in [1.82, 2.24) is 9.97 Å². The van der Waals surface area contributed by atoms with E-state index in [1.807, 2.05) is 6.07 Å². The Morgan fingerprint density at radius 1 is 1.33 bits per heavy atom. The molecule has 0 aliphatic rings. The number of nitrogen functional groups attached to an aromatic ring is 1. The molecule has 0 spiro atoms. The Morgan fingerprint density at radius 3 is 2.73 bits per heavy atom. The minimum Gasteiger partial charge on any atom is -0.397 e. The van der Waals surface area contributed by atoms with Crippen molar-refractivity contribution in [1.29, 1.82) is 0 Å². The van der Waals surface area contributed by atoms with Crippen molar-refractivity contribution in [2.45, 2.75) is 0 Å². The SMILES string of the molecule is CP(C)(=O)c1c(N)cnc2cccnc12. The van der Waals surface area contributed by atoms with Crippen LogP contribution in [0.2, 0.25) is 0 Å². The zero-order valence-electron chi connectivity index (χ0n) is 8.64. The van der Waals surface area contributed by atoms with Crippen LogP contribution >= 0.6 is 7.14 Å². The molecule has 0 aliphatic heterocycles. The smallest absolute Gasteiger partial charge is 0.114 e. The van der Waals surface area contributed by atoms with Gasteiger partial charge in [0.05, 0.1) is 22.7 Å². The molecule has 2 heterocycles. The van der Waals surface area contributed by atoms with E-state index in [2.05, 4.69) is 9.97 Å². The van der Waals surface area contributed by atoms with Crippen LogP contribution in [0.5, 0.6) is 0 Å². The Kier molecular flexibility index (Phi) is 2.24. The summed E-state index contributed by atoms with van der Waals surface area (Å²) >= 11 is 0. The predicted molar refractivity (Wildman–Crippen MR) is 63.0 cm³/mol. The van der Waals surface area contributed by atoms with Crippen LogP contribution in [0.15, 0.2) is 24.5 Å². The van der Waals surface area contributed by atoms with E-state index in [9.17, 15) is 4.57 Å². The van der Waals surface area contributed by atoms with Crippen molar-refractivity contribution in [3.63, 3.8) is 0 Å². The molecule has 0 fully saturated rings. The summed E-state index contributed by atoms with van der Waals surface area (Å²) in [5.74, 6) is 0. The number of hydrogen-bond acceptors (Lipinski definition) is 4. The predicted octanol–water partition coefficient (Wildman–Crippen LogP) is 1.46. The fraction of sp³-hybridized carbons (Fsp3) is 0.200. The summed E-state index contributed by atoms with van der Waals surface area (Å²) in [4.78, 5) is 8.34. The van der Waals surface area contributed by atoms with Gasteiger partial charge in [-0.2, -0.15) is 0 Å². The molecule has 78 valence electrons. The second-order valence-corrected chi connectivity index (χ2v) is 6.93. The van der Waals surface area contributed by atoms with E-state index < -0.39 is 7.14 Å². The first-order valence-corrected chi connectivity index (χ1v) is 7.15. The van der Waals surface area contributed by atoms with Crippen LogP contribution in [0, 0.1) is 0 Å². The van der Waals surface area contributed by atoms with E-state index in [0.717, 1.165) is 5.52 Å². The molecule has 0 radical (unpaired) electrons. The van der Waals surface area contributed by atoms with Gasteiger partial charge in [-0.15, -0.1) is 0 Å². The lowest BCUT2D eigenvalue weighted by Gasteiger charge is -2.11. The first kappa shape index (κ1) is 10.1. The van der Waals surface area contributed by atoms with Gasteiger partial charge < -0.3 is 10.3 Å². The molecule has 0 unspecified atom stereocenters. The molecule has 4 nitrogen and oxygen atoms in total. The fourth-order valence-corrected chi connectivity index (χ4v) is 2.95. The lowest BCUT2D eigenvalue weighted by molar-refractivity contribution is 0.588. The van der Waals surface area contributed by atoms with Gasteiger partial charge in [-0.05, 0) is 25.5 Å². The zero-order chi connectivity index (χ0) is 11.1. The number of aromatic nitrogens is 2. The Morgan fingerprint density at radius 2 is 2.07 bits per heavy atom. The average Bonchev–Trinajstić information content (AvgIpc) is 2.15. The topological polar surface area (TPSA) is 68.9 Å². The van der Waals surface area contributed by atoms with Crippen LogP contribution in [0.25, 0.3) is 11.0 Å². The van der Waals surface area contributed by atoms with E-state index in [1.54, 1.807) is 31.8 Å². The number of nitrogens with zero attached hydrogens (tertiary/aromatic N) is 2. The van der Waals surface area contributed by atoms with E-state index in [4.69, 9.17) is 5.73 Å². The number of fused-ring (bicyclic) bond motifs is 1. The number of rotatable bonds is 1. The van der Waals surface area contributed by atoms with Crippen LogP contribution in [0.1, 0.15) is 0 Å². The summed E-state index contributed by atoms with van der Waals surface area (Å²) in [6, 6.07) is 3.63. The Hall–Kier alpha value is -1.41. The number of hydrogen-bond donors (Lipinski definition) is 1. The monoisotopic (exact) mass is 221 g/mol. The number of anilines is 1. The first-order chi connectivity index (χ1) is 7.00. The third-order valence-corrected chi connectivity index (χ3v) is 3.71. The molecule has 15 heavy (non-hydrogen) atoms. The van der Waals surface area contributed by atoms with E-state index >= 15 is 0 Å². The van der Waals surface area contributed by atoms with Crippen LogP contribution in [0.4, 0.5) is 5.69 Å². The second-order valence-electron chi connectivity index (χ2n) is 3.78. The Labute approximate surface area is 87.9 Å². The van der Waals surface area contributed by atoms with Crippen molar-refractivity contribution in [3.8, 4) is 0 Å². The lowest BCUT2D eigenvalue weighted by Crippen LogP contribution is -2.13. The standard InChI is InChI=1S/C10H12N3OP/c1-15(2,14)10-7(11)6-13-8-4-3-5-12-9(8)10/h3-6H,11H2,1-2H3. The van der Waals surface area contributed by atoms with Gasteiger partial charge in [0.25, 0.3) is 0 Å². The summed E-state index contributed by atoms with van der Waals surface area (Å²) in [5.41, 5.74) is 7.62. The first-order valence-electron chi connectivity index (χ1n) is 4.55. The normalized spacial score (nSPS) is 11.9. The lowest BCUT2D eigenvalue weighted by atomic mass is 10.3. The number of pyridine rings is 2. The molecule has 2 aromatic rings. The van der Waals surface area contributed by atoms with Crippen molar-refractivity contribution >= 4 is 29.2 Å². The van der Waals surface area contributed by atoms with Gasteiger partial charge in [0, 0.05) is 6.20 Å². The summed E-state index contributed by atoms with van der Waals surface area (Å²) in [5, 5.41) is 0.633. The molecule has 0 saturated carbocycles. The van der Waals surface area contributed by atoms with E-state index in [0.29, 0.717) is 16.5 Å². The van der Waals surface area contributed by atoms with Crippen molar-refractivity contribution in [2.24, 2.45) is 0 Å². The highest BCUT2D eigenvalue weighted by Gasteiger charge is 2.19. The maximum Gasteiger partial charge on any atom is 0.114 e. The fourth-order valence-electron chi connectivity index (χ4n) is 1.59. The van der Waals surface area contributed by atoms with Crippen molar-refractivity contribution < 1.29 is 4.57 Å². The molecule has 0 saturated heterocycles. The van der Waals surface area contributed by atoms with E-state index in [-0.39, 0.29) is 0 Å². The van der Waals surface area contributed by atoms with E-state index in [1.165, 1.54) is 0 Å². The molecule has 0 bridgehead atoms. The third-order valence-electron chi connectivity index (χ3n) is 2.17. The molecule has 0 aromatic carbocycles. The maximum atomic E-state index is 12.1. The number of nitrogens with two attached hydrogens (primary N) is 1. The van der Waals surface area contributed by atoms with Crippen molar-refractivity contribution in [3.05, 3.63) is 24.5 Å². The summed E-state index contributed by atoms with van der Waals surface area (Å²) in [7, 11) is -2.43. The van der Waals surface area contributed by atoms with Gasteiger partial charge in [0.1, 0.15) is 12.7 Å². The highest BCUT2D eigenvalue weighted by Crippen LogP contribution is 2.38. The van der Waals surface area contributed by atoms with Crippen LogP contribution < -0.4 is 11.0 Å². The minimum absolute atomic E-state index is 0.453. The molecule has 5 heteroatoms. The van der Waals surface area contributed by atoms with Gasteiger partial charge in [-0.3, -0.25) is 9.97 Å². The summed E-state index contributed by atoms with van der Waals surface area (Å²) < 4.78 is 12.1. The molecule has 0 amide bonds. The van der Waals surface area contributed by atoms with Gasteiger partial charge in [-0.1, -0.05) is 0 Å². The van der Waals surface area contributed by atoms with Crippen LogP contribution in [-0.4, -0.2) is 23.3 Å².